The maximum atomic E-state index is 12.7. The van der Waals surface area contributed by atoms with Gasteiger partial charge in [-0.25, -0.2) is 16.8 Å². The van der Waals surface area contributed by atoms with Crippen LogP contribution in [-0.4, -0.2) is 65.6 Å². The highest BCUT2D eigenvalue weighted by Crippen LogP contribution is 2.18. The van der Waals surface area contributed by atoms with E-state index in [4.69, 9.17) is 4.74 Å². The summed E-state index contributed by atoms with van der Waals surface area (Å²) in [7, 11) is -7.39. The van der Waals surface area contributed by atoms with Crippen LogP contribution in [0.1, 0.15) is 15.9 Å². The molecule has 11 heteroatoms. The normalized spacial score (nSPS) is 15.4. The zero-order chi connectivity index (χ0) is 22.5. The standard InChI is InChI=1S/C20H25N3O6S2/c1-16-4-2-6-18(14-16)22-31(27,28)19-7-3-5-17(15-19)20(24)21-8-13-30(25,26)23-9-11-29-12-10-23/h2-7,14-15,22H,8-13H2,1H3,(H,21,24). The van der Waals surface area contributed by atoms with E-state index in [1.807, 2.05) is 13.0 Å². The van der Waals surface area contributed by atoms with Crippen LogP contribution in [0.15, 0.2) is 53.4 Å². The highest BCUT2D eigenvalue weighted by atomic mass is 32.2. The second kappa shape index (κ2) is 9.77. The molecule has 1 heterocycles. The fourth-order valence-electron chi connectivity index (χ4n) is 3.08. The molecule has 31 heavy (non-hydrogen) atoms. The summed E-state index contributed by atoms with van der Waals surface area (Å²) in [6.07, 6.45) is 0. The quantitative estimate of drug-likeness (QED) is 0.601. The van der Waals surface area contributed by atoms with Crippen molar-refractivity contribution < 1.29 is 26.4 Å². The Morgan fingerprint density at radius 1 is 1.03 bits per heavy atom. The van der Waals surface area contributed by atoms with Crippen molar-refractivity contribution in [2.24, 2.45) is 0 Å². The molecule has 1 saturated heterocycles. The SMILES string of the molecule is Cc1cccc(NS(=O)(=O)c2cccc(C(=O)NCCS(=O)(=O)N3CCOCC3)c2)c1. The third-order valence-corrected chi connectivity index (χ3v) is 7.94. The number of benzene rings is 2. The van der Waals surface area contributed by atoms with Gasteiger partial charge in [-0.3, -0.25) is 9.52 Å². The summed E-state index contributed by atoms with van der Waals surface area (Å²) in [5, 5.41) is 2.54. The minimum Gasteiger partial charge on any atom is -0.379 e. The molecule has 9 nitrogen and oxygen atoms in total. The number of ether oxygens (including phenoxy) is 1. The molecule has 1 aliphatic rings. The molecular weight excluding hydrogens is 442 g/mol. The van der Waals surface area contributed by atoms with Gasteiger partial charge in [0.2, 0.25) is 10.0 Å². The first-order valence-electron chi connectivity index (χ1n) is 9.71. The Labute approximate surface area is 182 Å². The van der Waals surface area contributed by atoms with Crippen molar-refractivity contribution in [3.63, 3.8) is 0 Å². The number of aryl methyl sites for hydroxylation is 1. The number of hydrogen-bond donors (Lipinski definition) is 2. The number of carbonyl (C=O) groups is 1. The van der Waals surface area contributed by atoms with Gasteiger partial charge in [0.15, 0.2) is 0 Å². The zero-order valence-electron chi connectivity index (χ0n) is 17.1. The van der Waals surface area contributed by atoms with Gasteiger partial charge < -0.3 is 10.1 Å². The molecule has 0 spiro atoms. The van der Waals surface area contributed by atoms with Crippen LogP contribution in [0.2, 0.25) is 0 Å². The smallest absolute Gasteiger partial charge is 0.261 e. The molecule has 1 amide bonds. The Balaban J connectivity index is 1.63. The van der Waals surface area contributed by atoms with Crippen molar-refractivity contribution >= 4 is 31.6 Å². The van der Waals surface area contributed by atoms with Gasteiger partial charge in [-0.15, -0.1) is 0 Å². The molecule has 1 aliphatic heterocycles. The fourth-order valence-corrected chi connectivity index (χ4v) is 5.50. The van der Waals surface area contributed by atoms with E-state index in [2.05, 4.69) is 10.0 Å². The Kier molecular flexibility index (Phi) is 7.31. The molecule has 2 aromatic rings. The molecule has 2 N–H and O–H groups in total. The van der Waals surface area contributed by atoms with Gasteiger partial charge in [0.1, 0.15) is 0 Å². The van der Waals surface area contributed by atoms with Crippen LogP contribution in [-0.2, 0) is 24.8 Å². The van der Waals surface area contributed by atoms with Gasteiger partial charge in [0, 0.05) is 30.9 Å². The van der Waals surface area contributed by atoms with Crippen molar-refractivity contribution in [1.82, 2.24) is 9.62 Å². The maximum Gasteiger partial charge on any atom is 0.261 e. The molecule has 0 bridgehead atoms. The summed E-state index contributed by atoms with van der Waals surface area (Å²) in [5.74, 6) is -0.796. The molecule has 0 saturated carbocycles. The number of sulfonamides is 2. The van der Waals surface area contributed by atoms with Gasteiger partial charge in [-0.1, -0.05) is 18.2 Å². The lowest BCUT2D eigenvalue weighted by molar-refractivity contribution is 0.0730. The molecular formula is C20H25N3O6S2. The summed E-state index contributed by atoms with van der Waals surface area (Å²) in [6.45, 7) is 3.06. The Morgan fingerprint density at radius 2 is 1.74 bits per heavy atom. The van der Waals surface area contributed by atoms with E-state index in [9.17, 15) is 21.6 Å². The molecule has 168 valence electrons. The van der Waals surface area contributed by atoms with Gasteiger partial charge in [-0.05, 0) is 42.8 Å². The average Bonchev–Trinajstić information content (AvgIpc) is 2.74. The summed E-state index contributed by atoms with van der Waals surface area (Å²) >= 11 is 0. The molecule has 0 aliphatic carbocycles. The molecule has 3 rings (SSSR count). The van der Waals surface area contributed by atoms with Crippen LogP contribution in [0.25, 0.3) is 0 Å². The molecule has 0 unspecified atom stereocenters. The number of anilines is 1. The Hall–Kier alpha value is -2.47. The van der Waals surface area contributed by atoms with E-state index in [-0.39, 0.29) is 22.8 Å². The average molecular weight is 468 g/mol. The minimum absolute atomic E-state index is 0.0670. The van der Waals surface area contributed by atoms with Gasteiger partial charge in [0.25, 0.3) is 15.9 Å². The highest BCUT2D eigenvalue weighted by Gasteiger charge is 2.24. The maximum absolute atomic E-state index is 12.7. The van der Waals surface area contributed by atoms with Crippen LogP contribution in [0.5, 0.6) is 0 Å². The number of hydrogen-bond acceptors (Lipinski definition) is 6. The first kappa shape index (κ1) is 23.2. The van der Waals surface area contributed by atoms with Gasteiger partial charge in [0.05, 0.1) is 23.9 Å². The van der Waals surface area contributed by atoms with Crippen molar-refractivity contribution in [3.8, 4) is 0 Å². The van der Waals surface area contributed by atoms with Crippen molar-refractivity contribution in [1.29, 1.82) is 0 Å². The Bertz CT molecular complexity index is 1140. The number of morpholine rings is 1. The minimum atomic E-state index is -3.89. The molecule has 0 aromatic heterocycles. The molecule has 1 fully saturated rings. The van der Waals surface area contributed by atoms with Crippen LogP contribution < -0.4 is 10.0 Å². The monoisotopic (exact) mass is 467 g/mol. The Morgan fingerprint density at radius 3 is 2.45 bits per heavy atom. The zero-order valence-corrected chi connectivity index (χ0v) is 18.7. The summed E-state index contributed by atoms with van der Waals surface area (Å²) in [4.78, 5) is 12.4. The number of carbonyl (C=O) groups excluding carboxylic acids is 1. The van der Waals surface area contributed by atoms with E-state index in [1.165, 1.54) is 28.6 Å². The lowest BCUT2D eigenvalue weighted by Gasteiger charge is -2.26. The first-order chi connectivity index (χ1) is 14.7. The molecule has 2 aromatic carbocycles. The van der Waals surface area contributed by atoms with E-state index >= 15 is 0 Å². The number of amides is 1. The fraction of sp³-hybridized carbons (Fsp3) is 0.350. The van der Waals surface area contributed by atoms with E-state index in [0.29, 0.717) is 32.0 Å². The third kappa shape index (κ3) is 6.26. The van der Waals surface area contributed by atoms with Crippen LogP contribution >= 0.6 is 0 Å². The lowest BCUT2D eigenvalue weighted by Crippen LogP contribution is -2.43. The lowest BCUT2D eigenvalue weighted by atomic mass is 10.2. The second-order valence-corrected chi connectivity index (χ2v) is 10.9. The van der Waals surface area contributed by atoms with Crippen LogP contribution in [0.4, 0.5) is 5.69 Å². The predicted molar refractivity (Wildman–Crippen MR) is 117 cm³/mol. The number of nitrogens with zero attached hydrogens (tertiary/aromatic N) is 1. The van der Waals surface area contributed by atoms with Gasteiger partial charge >= 0.3 is 0 Å². The van der Waals surface area contributed by atoms with E-state index in [0.717, 1.165) is 5.56 Å². The number of rotatable bonds is 8. The summed E-state index contributed by atoms with van der Waals surface area (Å²) < 4.78 is 59.0. The van der Waals surface area contributed by atoms with Crippen LogP contribution in [0.3, 0.4) is 0 Å². The molecule has 0 atom stereocenters. The van der Waals surface area contributed by atoms with Crippen molar-refractivity contribution in [3.05, 3.63) is 59.7 Å². The second-order valence-electron chi connectivity index (χ2n) is 7.09. The number of nitrogens with one attached hydrogen (secondary N) is 2. The summed E-state index contributed by atoms with van der Waals surface area (Å²) in [6, 6.07) is 12.5. The van der Waals surface area contributed by atoms with E-state index < -0.39 is 26.0 Å². The van der Waals surface area contributed by atoms with Crippen LogP contribution in [0, 0.1) is 6.92 Å². The summed E-state index contributed by atoms with van der Waals surface area (Å²) in [5.41, 5.74) is 1.44. The predicted octanol–water partition coefficient (Wildman–Crippen LogP) is 1.19. The molecule has 0 radical (unpaired) electrons. The highest BCUT2D eigenvalue weighted by molar-refractivity contribution is 7.92. The first-order valence-corrected chi connectivity index (χ1v) is 12.8. The largest absolute Gasteiger partial charge is 0.379 e. The van der Waals surface area contributed by atoms with Crippen molar-refractivity contribution in [2.75, 3.05) is 43.3 Å². The third-order valence-electron chi connectivity index (χ3n) is 4.69. The topological polar surface area (TPSA) is 122 Å². The van der Waals surface area contributed by atoms with E-state index in [1.54, 1.807) is 18.2 Å². The van der Waals surface area contributed by atoms with Gasteiger partial charge in [-0.2, -0.15) is 4.31 Å². The van der Waals surface area contributed by atoms with Crippen molar-refractivity contribution in [2.45, 2.75) is 11.8 Å².